The SMILES string of the molecule is CCC[CH2][Sn]([CH2]CCC)([CH2]CCC)[CH2]C1(C)CC(OC)CC1C. The molecule has 0 N–H and O–H groups in total. The van der Waals surface area contributed by atoms with Crippen LogP contribution in [0.1, 0.15) is 86.0 Å². The molecule has 3 unspecified atom stereocenters. The van der Waals surface area contributed by atoms with Crippen LogP contribution in [0.2, 0.25) is 17.7 Å². The van der Waals surface area contributed by atoms with Gasteiger partial charge in [-0.1, -0.05) is 0 Å². The van der Waals surface area contributed by atoms with Crippen LogP contribution < -0.4 is 0 Å². The van der Waals surface area contributed by atoms with Gasteiger partial charge in [-0.25, -0.2) is 0 Å². The number of unbranched alkanes of at least 4 members (excludes halogenated alkanes) is 3. The number of ether oxygens (including phenoxy) is 1. The van der Waals surface area contributed by atoms with E-state index in [9.17, 15) is 0 Å². The molecule has 0 aromatic rings. The number of methoxy groups -OCH3 is 1. The van der Waals surface area contributed by atoms with E-state index in [1.165, 1.54) is 51.4 Å². The molecule has 1 nitrogen and oxygen atoms in total. The fraction of sp³-hybridized carbons (Fsp3) is 1.00. The van der Waals surface area contributed by atoms with Crippen LogP contribution >= 0.6 is 0 Å². The summed E-state index contributed by atoms with van der Waals surface area (Å²) < 4.78 is 12.4. The van der Waals surface area contributed by atoms with Gasteiger partial charge in [0, 0.05) is 0 Å². The monoisotopic (exact) mass is 432 g/mol. The van der Waals surface area contributed by atoms with Crippen LogP contribution in [0.3, 0.4) is 0 Å². The van der Waals surface area contributed by atoms with Crippen molar-refractivity contribution < 1.29 is 4.74 Å². The molecular weight excluding hydrogens is 387 g/mol. The average Bonchev–Trinajstić information content (AvgIpc) is 2.83. The van der Waals surface area contributed by atoms with E-state index in [1.807, 2.05) is 7.11 Å². The Bertz CT molecular complexity index is 295. The Kier molecular flexibility index (Phi) is 10.1. The van der Waals surface area contributed by atoms with Crippen molar-refractivity contribution in [2.45, 2.75) is 110 Å². The van der Waals surface area contributed by atoms with Gasteiger partial charge in [0.2, 0.25) is 0 Å². The fourth-order valence-electron chi connectivity index (χ4n) is 5.06. The zero-order valence-corrected chi connectivity index (χ0v) is 19.9. The molecule has 0 aromatic heterocycles. The minimum atomic E-state index is -2.02. The van der Waals surface area contributed by atoms with Crippen LogP contribution in [-0.4, -0.2) is 31.6 Å². The molecule has 0 saturated heterocycles. The van der Waals surface area contributed by atoms with Gasteiger partial charge in [-0.3, -0.25) is 0 Å². The molecular formula is C21H44OSn. The van der Waals surface area contributed by atoms with Crippen molar-refractivity contribution in [2.24, 2.45) is 11.3 Å². The summed E-state index contributed by atoms with van der Waals surface area (Å²) in [6.45, 7) is 12.3. The van der Waals surface area contributed by atoms with Gasteiger partial charge in [0.25, 0.3) is 0 Å². The molecule has 0 spiro atoms. The summed E-state index contributed by atoms with van der Waals surface area (Å²) in [6.07, 6.45) is 11.8. The Morgan fingerprint density at radius 2 is 1.43 bits per heavy atom. The van der Waals surface area contributed by atoms with Crippen LogP contribution in [0.4, 0.5) is 0 Å². The molecule has 1 aliphatic rings. The molecule has 0 bridgehead atoms. The first-order valence-electron chi connectivity index (χ1n) is 10.5. The summed E-state index contributed by atoms with van der Waals surface area (Å²) in [5.74, 6) is 0.855. The standard InChI is InChI=1S/C9H17O.3C4H9.Sn/c1-7-5-8(10-4)6-9(7,2)3;3*1-3-4-2;/h7-8H,2,5-6H2,1,3-4H3;3*1,3-4H2,2H3;. The van der Waals surface area contributed by atoms with E-state index >= 15 is 0 Å². The fourth-order valence-corrected chi connectivity index (χ4v) is 24.5. The van der Waals surface area contributed by atoms with Crippen LogP contribution in [0.15, 0.2) is 0 Å². The van der Waals surface area contributed by atoms with E-state index in [-0.39, 0.29) is 0 Å². The summed E-state index contributed by atoms with van der Waals surface area (Å²) >= 11 is -2.02. The van der Waals surface area contributed by atoms with Crippen molar-refractivity contribution in [1.82, 2.24) is 0 Å². The van der Waals surface area contributed by atoms with Crippen molar-refractivity contribution in [1.29, 1.82) is 0 Å². The van der Waals surface area contributed by atoms with Gasteiger partial charge in [0.1, 0.15) is 0 Å². The molecule has 1 aliphatic carbocycles. The second kappa shape index (κ2) is 10.7. The van der Waals surface area contributed by atoms with Crippen molar-refractivity contribution in [2.75, 3.05) is 7.11 Å². The zero-order chi connectivity index (χ0) is 17.3. The predicted octanol–water partition coefficient (Wildman–Crippen LogP) is 7.29. The Morgan fingerprint density at radius 3 is 1.78 bits per heavy atom. The third-order valence-electron chi connectivity index (χ3n) is 6.79. The first-order chi connectivity index (χ1) is 10.9. The van der Waals surface area contributed by atoms with E-state index in [0.717, 1.165) is 5.92 Å². The van der Waals surface area contributed by atoms with Gasteiger partial charge in [-0.2, -0.15) is 0 Å². The molecule has 0 heterocycles. The topological polar surface area (TPSA) is 9.23 Å². The molecule has 0 aliphatic heterocycles. The Hall–Kier alpha value is 0.759. The second-order valence-corrected chi connectivity index (χ2v) is 22.7. The minimum absolute atomic E-state index is 0.530. The van der Waals surface area contributed by atoms with Crippen molar-refractivity contribution >= 4 is 18.4 Å². The van der Waals surface area contributed by atoms with E-state index in [4.69, 9.17) is 4.74 Å². The van der Waals surface area contributed by atoms with Crippen LogP contribution in [0.25, 0.3) is 0 Å². The summed E-state index contributed by atoms with van der Waals surface area (Å²) in [7, 11) is 1.92. The first kappa shape index (κ1) is 21.8. The average molecular weight is 431 g/mol. The number of rotatable bonds is 12. The van der Waals surface area contributed by atoms with Crippen LogP contribution in [0, 0.1) is 11.3 Å². The molecule has 3 atom stereocenters. The van der Waals surface area contributed by atoms with Crippen LogP contribution in [-0.2, 0) is 4.74 Å². The second-order valence-electron chi connectivity index (χ2n) is 8.84. The van der Waals surface area contributed by atoms with Gasteiger partial charge in [0.05, 0.1) is 0 Å². The van der Waals surface area contributed by atoms with Crippen LogP contribution in [0.5, 0.6) is 0 Å². The first-order valence-corrected chi connectivity index (χ1v) is 18.5. The van der Waals surface area contributed by atoms with Gasteiger partial charge < -0.3 is 0 Å². The summed E-state index contributed by atoms with van der Waals surface area (Å²) in [5.41, 5.74) is 0.575. The molecule has 2 heteroatoms. The van der Waals surface area contributed by atoms with Crippen molar-refractivity contribution in [3.05, 3.63) is 0 Å². The maximum atomic E-state index is 5.76. The molecule has 1 rings (SSSR count). The van der Waals surface area contributed by atoms with E-state index in [0.29, 0.717) is 11.5 Å². The molecule has 1 fully saturated rings. The number of hydrogen-bond donors (Lipinski definition) is 0. The third-order valence-corrected chi connectivity index (χ3v) is 23.3. The summed E-state index contributed by atoms with van der Waals surface area (Å²) in [6, 6.07) is 0. The maximum absolute atomic E-state index is 5.76. The molecule has 1 saturated carbocycles. The molecule has 138 valence electrons. The molecule has 0 amide bonds. The quantitative estimate of drug-likeness (QED) is 0.295. The van der Waals surface area contributed by atoms with E-state index in [1.54, 1.807) is 17.7 Å². The predicted molar refractivity (Wildman–Crippen MR) is 107 cm³/mol. The third kappa shape index (κ3) is 6.53. The molecule has 0 aromatic carbocycles. The van der Waals surface area contributed by atoms with Crippen molar-refractivity contribution in [3.63, 3.8) is 0 Å². The van der Waals surface area contributed by atoms with Gasteiger partial charge in [-0.05, 0) is 0 Å². The zero-order valence-electron chi connectivity index (χ0n) is 17.0. The van der Waals surface area contributed by atoms with Gasteiger partial charge in [-0.15, -0.1) is 0 Å². The molecule has 0 radical (unpaired) electrons. The van der Waals surface area contributed by atoms with Gasteiger partial charge >= 0.3 is 151 Å². The Labute approximate surface area is 151 Å². The Balaban J connectivity index is 2.91. The normalized spacial score (nSPS) is 28.4. The van der Waals surface area contributed by atoms with Crippen molar-refractivity contribution in [3.8, 4) is 0 Å². The summed E-state index contributed by atoms with van der Waals surface area (Å²) in [4.78, 5) is 0. The summed E-state index contributed by atoms with van der Waals surface area (Å²) in [5, 5.41) is 0. The van der Waals surface area contributed by atoms with Gasteiger partial charge in [0.15, 0.2) is 0 Å². The van der Waals surface area contributed by atoms with E-state index < -0.39 is 18.4 Å². The Morgan fingerprint density at radius 1 is 0.957 bits per heavy atom. The number of hydrogen-bond acceptors (Lipinski definition) is 1. The molecule has 23 heavy (non-hydrogen) atoms. The van der Waals surface area contributed by atoms with E-state index in [2.05, 4.69) is 34.6 Å².